The van der Waals surface area contributed by atoms with E-state index in [1.54, 1.807) is 0 Å². The van der Waals surface area contributed by atoms with Gasteiger partial charge in [-0.15, -0.1) is 0 Å². The molecule has 1 heterocycles. The van der Waals surface area contributed by atoms with Gasteiger partial charge in [-0.05, 0) is 58.4 Å². The lowest BCUT2D eigenvalue weighted by Crippen LogP contribution is -2.60. The van der Waals surface area contributed by atoms with Crippen molar-refractivity contribution in [2.24, 2.45) is 17.6 Å². The third-order valence-corrected chi connectivity index (χ3v) is 11.9. The summed E-state index contributed by atoms with van der Waals surface area (Å²) in [5.41, 5.74) is 1.90. The second kappa shape index (κ2) is 19.7. The van der Waals surface area contributed by atoms with Crippen LogP contribution in [0.1, 0.15) is 130 Å². The minimum atomic E-state index is -2.17. The molecule has 4 amide bonds. The molecule has 19 heteroatoms. The molecule has 64 heavy (non-hydrogen) atoms. The molecule has 4 unspecified atom stereocenters. The van der Waals surface area contributed by atoms with Crippen molar-refractivity contribution in [3.05, 3.63) is 51.6 Å². The van der Waals surface area contributed by atoms with E-state index in [1.807, 2.05) is 27.7 Å². The van der Waals surface area contributed by atoms with Gasteiger partial charge in [0.05, 0.1) is 48.1 Å². The Balaban J connectivity index is 1.38. The number of phenolic OH excluding ortho intramolecular Hbond substituents is 2. The van der Waals surface area contributed by atoms with Gasteiger partial charge in [-0.1, -0.05) is 39.8 Å². The van der Waals surface area contributed by atoms with Gasteiger partial charge in [0.1, 0.15) is 47.1 Å². The molecule has 1 fully saturated rings. The van der Waals surface area contributed by atoms with E-state index >= 15 is 0 Å². The number of aromatic hydroxyl groups is 2. The normalized spacial score (nSPS) is 24.6. The van der Waals surface area contributed by atoms with Gasteiger partial charge in [0, 0.05) is 36.0 Å². The summed E-state index contributed by atoms with van der Waals surface area (Å²) in [5, 5.41) is 57.1. The van der Waals surface area contributed by atoms with E-state index in [9.17, 15) is 54.0 Å². The van der Waals surface area contributed by atoms with Gasteiger partial charge in [0.15, 0.2) is 17.9 Å². The first-order valence-electron chi connectivity index (χ1n) is 21.5. The first-order valence-corrected chi connectivity index (χ1v) is 21.5. The molecule has 2 aromatic carbocycles. The number of carbonyl (C=O) groups is 7. The standard InChI is InChI=1S/C45H61N5O14/c1-18(2)13-27(49-41(57)20(5)46)43(59)47-21(6)42(58)50-28(14-19(3)4)44(60)48-26-15-31(63-22(7)36(26)52)64-30-17-45(61,23(8)51)16-25-33(30)40(56)35-34(38(25)54)37(53)24-11-10-12-29(62-9)32(24)39(35)55/h10-12,18-22,26-28,30-31,36,52,54,56,61H,13-17,46H2,1-9H3,(H,47,59)(H,48,60)(H,49,57)(H,50,58)/t20-,21-,22?,26?,27-,28-,30-,31?,36?,45-/m1/s1. The van der Waals surface area contributed by atoms with Crippen molar-refractivity contribution in [2.75, 3.05) is 7.11 Å². The third-order valence-electron chi connectivity index (χ3n) is 11.9. The summed E-state index contributed by atoms with van der Waals surface area (Å²) in [6, 6.07) is -0.868. The van der Waals surface area contributed by atoms with Gasteiger partial charge in [0.2, 0.25) is 29.4 Å². The van der Waals surface area contributed by atoms with Crippen molar-refractivity contribution in [3.8, 4) is 17.2 Å². The Morgan fingerprint density at radius 3 is 2.03 bits per heavy atom. The number of rotatable bonds is 16. The summed E-state index contributed by atoms with van der Waals surface area (Å²) in [5.74, 6) is -6.35. The second-order valence-electron chi connectivity index (χ2n) is 18.0. The molecule has 0 saturated carbocycles. The number of nitrogens with one attached hydrogen (secondary N) is 4. The summed E-state index contributed by atoms with van der Waals surface area (Å²) in [7, 11) is 1.31. The second-order valence-corrected chi connectivity index (χ2v) is 18.0. The maximum atomic E-state index is 14.0. The van der Waals surface area contributed by atoms with Gasteiger partial charge >= 0.3 is 0 Å². The lowest BCUT2D eigenvalue weighted by atomic mass is 9.72. The van der Waals surface area contributed by atoms with Crippen LogP contribution in [0.2, 0.25) is 0 Å². The molecule has 2 aliphatic carbocycles. The number of hydrogen-bond acceptors (Lipinski definition) is 15. The number of methoxy groups -OCH3 is 1. The number of ketones is 3. The summed E-state index contributed by atoms with van der Waals surface area (Å²) in [6.45, 7) is 12.9. The first-order chi connectivity index (χ1) is 29.9. The molecule has 19 nitrogen and oxygen atoms in total. The van der Waals surface area contributed by atoms with Crippen LogP contribution in [0.5, 0.6) is 17.2 Å². The molecular weight excluding hydrogens is 835 g/mol. The zero-order valence-electron chi connectivity index (χ0n) is 37.6. The van der Waals surface area contributed by atoms with Gasteiger partial charge < -0.3 is 61.6 Å². The Hall–Kier alpha value is -5.47. The maximum absolute atomic E-state index is 14.0. The predicted octanol–water partition coefficient (Wildman–Crippen LogP) is 1.10. The molecule has 1 saturated heterocycles. The first kappa shape index (κ1) is 49.5. The van der Waals surface area contributed by atoms with Gasteiger partial charge in [-0.25, -0.2) is 0 Å². The molecule has 10 N–H and O–H groups in total. The van der Waals surface area contributed by atoms with Crippen LogP contribution in [0.3, 0.4) is 0 Å². The van der Waals surface area contributed by atoms with Crippen LogP contribution in [0, 0.1) is 11.8 Å². The highest BCUT2D eigenvalue weighted by Gasteiger charge is 2.50. The molecule has 0 radical (unpaired) electrons. The number of hydrogen-bond donors (Lipinski definition) is 9. The van der Waals surface area contributed by atoms with Crippen LogP contribution in [-0.4, -0.2) is 123 Å². The average Bonchev–Trinajstić information content (AvgIpc) is 3.21. The van der Waals surface area contributed by atoms with Crippen LogP contribution in [0.25, 0.3) is 0 Å². The summed E-state index contributed by atoms with van der Waals surface area (Å²) < 4.78 is 17.7. The highest BCUT2D eigenvalue weighted by molar-refractivity contribution is 6.31. The van der Waals surface area contributed by atoms with Crippen molar-refractivity contribution < 1.29 is 68.2 Å². The largest absolute Gasteiger partial charge is 0.507 e. The number of fused-ring (bicyclic) bond motifs is 3. The van der Waals surface area contributed by atoms with E-state index in [1.165, 1.54) is 46.1 Å². The minimum Gasteiger partial charge on any atom is -0.507 e. The van der Waals surface area contributed by atoms with E-state index in [-0.39, 0.29) is 59.1 Å². The summed E-state index contributed by atoms with van der Waals surface area (Å²) in [6.07, 6.45) is -5.89. The van der Waals surface area contributed by atoms with E-state index < -0.39 is 137 Å². The number of aliphatic hydroxyl groups is 2. The molecule has 10 atom stereocenters. The highest BCUT2D eigenvalue weighted by Crippen LogP contribution is 2.52. The molecule has 2 aromatic rings. The van der Waals surface area contributed by atoms with Crippen LogP contribution in [0.4, 0.5) is 0 Å². The van der Waals surface area contributed by atoms with Crippen molar-refractivity contribution in [2.45, 2.75) is 148 Å². The fourth-order valence-electron chi connectivity index (χ4n) is 8.44. The average molecular weight is 896 g/mol. The summed E-state index contributed by atoms with van der Waals surface area (Å²) in [4.78, 5) is 93.8. The zero-order valence-corrected chi connectivity index (χ0v) is 37.6. The molecule has 0 spiro atoms. The number of benzene rings is 2. The molecule has 5 rings (SSSR count). The number of phenols is 2. The van der Waals surface area contributed by atoms with Crippen molar-refractivity contribution >= 4 is 41.0 Å². The fraction of sp³-hybridized carbons (Fsp3) is 0.578. The number of amides is 4. The molecular formula is C45H61N5O14. The van der Waals surface area contributed by atoms with Gasteiger partial charge in [-0.2, -0.15) is 0 Å². The monoisotopic (exact) mass is 895 g/mol. The van der Waals surface area contributed by atoms with E-state index in [0.717, 1.165) is 6.92 Å². The van der Waals surface area contributed by atoms with E-state index in [0.29, 0.717) is 0 Å². The van der Waals surface area contributed by atoms with Crippen LogP contribution >= 0.6 is 0 Å². The fourth-order valence-corrected chi connectivity index (χ4v) is 8.44. The van der Waals surface area contributed by atoms with Crippen molar-refractivity contribution in [3.63, 3.8) is 0 Å². The predicted molar refractivity (Wildman–Crippen MR) is 228 cm³/mol. The minimum absolute atomic E-state index is 0.00939. The number of Topliss-reactive ketones (excluding diaryl/α,β-unsaturated/α-hetero) is 1. The van der Waals surface area contributed by atoms with Gasteiger partial charge in [0.25, 0.3) is 0 Å². The van der Waals surface area contributed by atoms with E-state index in [2.05, 4.69) is 21.3 Å². The number of nitrogens with two attached hydrogens (primary N) is 1. The van der Waals surface area contributed by atoms with Crippen LogP contribution in [-0.2, 0) is 39.9 Å². The van der Waals surface area contributed by atoms with Crippen LogP contribution in [0.15, 0.2) is 18.2 Å². The Morgan fingerprint density at radius 2 is 1.45 bits per heavy atom. The molecule has 0 bridgehead atoms. The quantitative estimate of drug-likeness (QED) is 0.0910. The number of ether oxygens (including phenoxy) is 3. The lowest BCUT2D eigenvalue weighted by molar-refractivity contribution is -0.249. The highest BCUT2D eigenvalue weighted by atomic mass is 16.7. The lowest BCUT2D eigenvalue weighted by Gasteiger charge is -2.43. The number of carbonyl (C=O) groups excluding carboxylic acids is 7. The Morgan fingerprint density at radius 1 is 0.859 bits per heavy atom. The number of aliphatic hydroxyl groups excluding tert-OH is 1. The van der Waals surface area contributed by atoms with Gasteiger partial charge in [-0.3, -0.25) is 33.6 Å². The molecule has 0 aromatic heterocycles. The SMILES string of the molecule is COc1cccc2c1C(=O)c1c(O)c3c(c(O)c1C2=O)C[C@](O)(C(C)=O)C[C@H]3OC1CC(NC(=O)[C@@H](CC(C)C)NC(=O)[C@@H](C)NC(=O)[C@@H](CC(C)C)NC(=O)[C@@H](C)N)C(O)C(C)O1. The van der Waals surface area contributed by atoms with Crippen LogP contribution < -0.4 is 31.7 Å². The topological polar surface area (TPSA) is 302 Å². The smallest absolute Gasteiger partial charge is 0.243 e. The van der Waals surface area contributed by atoms with E-state index in [4.69, 9.17) is 19.9 Å². The Labute approximate surface area is 371 Å². The molecule has 3 aliphatic rings. The summed E-state index contributed by atoms with van der Waals surface area (Å²) >= 11 is 0. The Kier molecular flexibility index (Phi) is 15.3. The molecule has 1 aliphatic heterocycles. The third kappa shape index (κ3) is 10.2. The maximum Gasteiger partial charge on any atom is 0.243 e. The zero-order chi connectivity index (χ0) is 47.7. The van der Waals surface area contributed by atoms with Crippen molar-refractivity contribution in [1.82, 2.24) is 21.3 Å². The molecule has 350 valence electrons. The Bertz CT molecular complexity index is 2190. The van der Waals surface area contributed by atoms with Crippen molar-refractivity contribution in [1.29, 1.82) is 0 Å².